The molecule has 3 heterocycles. The first-order valence-corrected chi connectivity index (χ1v) is 8.91. The molecule has 3 aromatic heterocycles. The molecule has 0 saturated carbocycles. The molecule has 0 saturated heterocycles. The van der Waals surface area contributed by atoms with E-state index in [9.17, 15) is 0 Å². The molecule has 0 aliphatic rings. The molecule has 0 amide bonds. The van der Waals surface area contributed by atoms with Gasteiger partial charge >= 0.3 is 0 Å². The fourth-order valence-corrected chi connectivity index (χ4v) is 2.76. The van der Waals surface area contributed by atoms with Gasteiger partial charge in [0.05, 0.1) is 17.9 Å². The van der Waals surface area contributed by atoms with Crippen LogP contribution in [0, 0.1) is 6.92 Å². The molecule has 144 valence electrons. The first-order valence-electron chi connectivity index (χ1n) is 8.91. The fourth-order valence-electron chi connectivity index (χ4n) is 2.76. The van der Waals surface area contributed by atoms with Crippen LogP contribution in [-0.2, 0) is 13.7 Å². The van der Waals surface area contributed by atoms with Gasteiger partial charge in [0.2, 0.25) is 0 Å². The van der Waals surface area contributed by atoms with Crippen LogP contribution in [0.2, 0.25) is 0 Å². The van der Waals surface area contributed by atoms with Crippen LogP contribution in [0.1, 0.15) is 18.4 Å². The predicted molar refractivity (Wildman–Crippen MR) is 101 cm³/mol. The molecule has 8 heteroatoms. The zero-order valence-corrected chi connectivity index (χ0v) is 15.9. The van der Waals surface area contributed by atoms with Crippen molar-refractivity contribution in [3.8, 4) is 34.6 Å². The second kappa shape index (κ2) is 7.59. The van der Waals surface area contributed by atoms with Crippen LogP contribution in [-0.4, -0.2) is 26.6 Å². The molecule has 0 aliphatic carbocycles. The number of aryl methyl sites for hydroxylation is 2. The maximum absolute atomic E-state index is 5.77. The number of rotatable bonds is 7. The van der Waals surface area contributed by atoms with Crippen LogP contribution in [0.4, 0.5) is 0 Å². The SMILES string of the molecule is CCOc1ccc(OCc2ccc(-c3nnc(-c4cn(C)nc4C)o3)o2)cc1. The number of furan rings is 1. The Labute approximate surface area is 161 Å². The molecular weight excluding hydrogens is 360 g/mol. The molecule has 4 rings (SSSR count). The Bertz CT molecular complexity index is 1060. The Hall–Kier alpha value is -3.55. The Morgan fingerprint density at radius 1 is 0.929 bits per heavy atom. The second-order valence-electron chi connectivity index (χ2n) is 6.17. The summed E-state index contributed by atoms with van der Waals surface area (Å²) in [6, 6.07) is 11.1. The molecule has 0 atom stereocenters. The van der Waals surface area contributed by atoms with Gasteiger partial charge in [-0.2, -0.15) is 5.10 Å². The Kier molecular flexibility index (Phi) is 4.84. The third kappa shape index (κ3) is 3.75. The summed E-state index contributed by atoms with van der Waals surface area (Å²) >= 11 is 0. The summed E-state index contributed by atoms with van der Waals surface area (Å²) in [7, 11) is 1.84. The highest BCUT2D eigenvalue weighted by atomic mass is 16.5. The van der Waals surface area contributed by atoms with E-state index in [0.29, 0.717) is 29.9 Å². The molecule has 0 bridgehead atoms. The van der Waals surface area contributed by atoms with Crippen molar-refractivity contribution in [1.82, 2.24) is 20.0 Å². The summed E-state index contributed by atoms with van der Waals surface area (Å²) in [6.07, 6.45) is 1.84. The summed E-state index contributed by atoms with van der Waals surface area (Å²) in [6.45, 7) is 4.76. The van der Waals surface area contributed by atoms with E-state index in [0.717, 1.165) is 22.8 Å². The van der Waals surface area contributed by atoms with Crippen LogP contribution in [0.15, 0.2) is 51.4 Å². The van der Waals surface area contributed by atoms with E-state index < -0.39 is 0 Å². The van der Waals surface area contributed by atoms with Crippen molar-refractivity contribution < 1.29 is 18.3 Å². The maximum atomic E-state index is 5.77. The molecule has 28 heavy (non-hydrogen) atoms. The average molecular weight is 380 g/mol. The molecule has 4 aromatic rings. The third-order valence-corrected chi connectivity index (χ3v) is 4.06. The number of nitrogens with zero attached hydrogens (tertiary/aromatic N) is 4. The number of ether oxygens (including phenoxy) is 2. The molecule has 0 unspecified atom stereocenters. The van der Waals surface area contributed by atoms with Crippen LogP contribution in [0.5, 0.6) is 11.5 Å². The highest BCUT2D eigenvalue weighted by Crippen LogP contribution is 2.27. The van der Waals surface area contributed by atoms with E-state index >= 15 is 0 Å². The Morgan fingerprint density at radius 3 is 2.32 bits per heavy atom. The average Bonchev–Trinajstić information content (AvgIpc) is 3.41. The van der Waals surface area contributed by atoms with Crippen molar-refractivity contribution in [2.75, 3.05) is 6.61 Å². The Morgan fingerprint density at radius 2 is 1.64 bits per heavy atom. The van der Waals surface area contributed by atoms with E-state index in [-0.39, 0.29) is 6.61 Å². The van der Waals surface area contributed by atoms with E-state index in [4.69, 9.17) is 18.3 Å². The van der Waals surface area contributed by atoms with Gasteiger partial charge in [-0.25, -0.2) is 0 Å². The smallest absolute Gasteiger partial charge is 0.283 e. The first kappa shape index (κ1) is 17.8. The van der Waals surface area contributed by atoms with Crippen LogP contribution in [0.25, 0.3) is 23.1 Å². The zero-order valence-electron chi connectivity index (χ0n) is 15.9. The van der Waals surface area contributed by atoms with Gasteiger partial charge < -0.3 is 18.3 Å². The molecule has 0 N–H and O–H groups in total. The largest absolute Gasteiger partial charge is 0.494 e. The normalized spacial score (nSPS) is 11.0. The van der Waals surface area contributed by atoms with Gasteiger partial charge in [-0.1, -0.05) is 0 Å². The van der Waals surface area contributed by atoms with E-state index in [1.54, 1.807) is 10.7 Å². The highest BCUT2D eigenvalue weighted by molar-refractivity contribution is 5.56. The van der Waals surface area contributed by atoms with E-state index in [1.807, 2.05) is 57.4 Å². The van der Waals surface area contributed by atoms with Gasteiger partial charge in [-0.15, -0.1) is 10.2 Å². The lowest BCUT2D eigenvalue weighted by atomic mass is 10.3. The van der Waals surface area contributed by atoms with Crippen molar-refractivity contribution in [3.63, 3.8) is 0 Å². The molecule has 0 radical (unpaired) electrons. The van der Waals surface area contributed by atoms with Gasteiger partial charge in [-0.05, 0) is 50.2 Å². The van der Waals surface area contributed by atoms with Crippen molar-refractivity contribution in [2.45, 2.75) is 20.5 Å². The first-order chi connectivity index (χ1) is 13.6. The number of hydrogen-bond donors (Lipinski definition) is 0. The van der Waals surface area contributed by atoms with Crippen LogP contribution >= 0.6 is 0 Å². The van der Waals surface area contributed by atoms with Gasteiger partial charge in [0, 0.05) is 13.2 Å². The second-order valence-corrected chi connectivity index (χ2v) is 6.17. The number of benzene rings is 1. The van der Waals surface area contributed by atoms with E-state index in [2.05, 4.69) is 15.3 Å². The summed E-state index contributed by atoms with van der Waals surface area (Å²) in [5.41, 5.74) is 1.62. The number of aromatic nitrogens is 4. The van der Waals surface area contributed by atoms with Gasteiger partial charge in [-0.3, -0.25) is 4.68 Å². The van der Waals surface area contributed by atoms with Crippen LogP contribution in [0.3, 0.4) is 0 Å². The monoisotopic (exact) mass is 380 g/mol. The lowest BCUT2D eigenvalue weighted by molar-refractivity contribution is 0.270. The molecule has 1 aromatic carbocycles. The summed E-state index contributed by atoms with van der Waals surface area (Å²) < 4.78 is 24.4. The standard InChI is InChI=1S/C20H20N4O4/c1-4-25-14-5-7-15(8-6-14)26-12-16-9-10-18(27-16)20-22-21-19(28-20)17-11-24(3)23-13(17)2/h5-11H,4,12H2,1-3H3. The zero-order chi connectivity index (χ0) is 19.5. The molecule has 0 fully saturated rings. The maximum Gasteiger partial charge on any atom is 0.283 e. The van der Waals surface area contributed by atoms with Crippen LogP contribution < -0.4 is 9.47 Å². The minimum Gasteiger partial charge on any atom is -0.494 e. The van der Waals surface area contributed by atoms with Gasteiger partial charge in [0.25, 0.3) is 11.8 Å². The lowest BCUT2D eigenvalue weighted by Gasteiger charge is -2.06. The number of hydrogen-bond acceptors (Lipinski definition) is 7. The highest BCUT2D eigenvalue weighted by Gasteiger charge is 2.17. The van der Waals surface area contributed by atoms with E-state index in [1.165, 1.54) is 0 Å². The summed E-state index contributed by atoms with van der Waals surface area (Å²) in [5.74, 6) is 3.40. The van der Waals surface area contributed by atoms with Gasteiger partial charge in [0.15, 0.2) is 5.76 Å². The minimum absolute atomic E-state index is 0.288. The summed E-state index contributed by atoms with van der Waals surface area (Å²) in [4.78, 5) is 0. The third-order valence-electron chi connectivity index (χ3n) is 4.06. The Balaban J connectivity index is 1.42. The molecular formula is C20H20N4O4. The fraction of sp³-hybridized carbons (Fsp3) is 0.250. The summed E-state index contributed by atoms with van der Waals surface area (Å²) in [5, 5.41) is 12.4. The lowest BCUT2D eigenvalue weighted by Crippen LogP contribution is -1.94. The van der Waals surface area contributed by atoms with Crippen molar-refractivity contribution >= 4 is 0 Å². The minimum atomic E-state index is 0.288. The molecule has 0 aliphatic heterocycles. The topological polar surface area (TPSA) is 88.3 Å². The molecule has 8 nitrogen and oxygen atoms in total. The molecule has 0 spiro atoms. The van der Waals surface area contributed by atoms with Gasteiger partial charge in [0.1, 0.15) is 23.9 Å². The van der Waals surface area contributed by atoms with Crippen molar-refractivity contribution in [1.29, 1.82) is 0 Å². The predicted octanol–water partition coefficient (Wildman–Crippen LogP) is 4.02. The van der Waals surface area contributed by atoms with Crippen molar-refractivity contribution in [2.24, 2.45) is 7.05 Å². The van der Waals surface area contributed by atoms with Crippen molar-refractivity contribution in [3.05, 3.63) is 54.0 Å². The quantitative estimate of drug-likeness (QED) is 0.478.